The van der Waals surface area contributed by atoms with Crippen LogP contribution in [0.4, 0.5) is 5.69 Å². The summed E-state index contributed by atoms with van der Waals surface area (Å²) in [5.74, 6) is -0.0808. The SMILES string of the molecule is CC(CCNC(=O)c1ccc(N2CCCC2)c(Cl)c1)n1ccnc1. The lowest BCUT2D eigenvalue weighted by atomic mass is 10.1. The number of hydrogen-bond donors (Lipinski definition) is 1. The van der Waals surface area contributed by atoms with E-state index in [-0.39, 0.29) is 5.91 Å². The van der Waals surface area contributed by atoms with Crippen molar-refractivity contribution >= 4 is 23.2 Å². The fourth-order valence-corrected chi connectivity index (χ4v) is 3.34. The Kier molecular flexibility index (Phi) is 5.41. The second-order valence-electron chi connectivity index (χ2n) is 6.26. The van der Waals surface area contributed by atoms with E-state index in [9.17, 15) is 4.79 Å². The van der Waals surface area contributed by atoms with Crippen molar-refractivity contribution in [2.24, 2.45) is 0 Å². The molecule has 6 heteroatoms. The Morgan fingerprint density at radius 3 is 2.83 bits per heavy atom. The van der Waals surface area contributed by atoms with Crippen LogP contribution in [0.3, 0.4) is 0 Å². The van der Waals surface area contributed by atoms with E-state index in [1.54, 1.807) is 18.6 Å². The van der Waals surface area contributed by atoms with Gasteiger partial charge < -0.3 is 14.8 Å². The van der Waals surface area contributed by atoms with Gasteiger partial charge in [0.25, 0.3) is 5.91 Å². The number of amides is 1. The lowest BCUT2D eigenvalue weighted by molar-refractivity contribution is 0.0952. The van der Waals surface area contributed by atoms with Crippen LogP contribution < -0.4 is 10.2 Å². The third kappa shape index (κ3) is 3.90. The van der Waals surface area contributed by atoms with Gasteiger partial charge in [0, 0.05) is 43.6 Å². The summed E-state index contributed by atoms with van der Waals surface area (Å²) in [6.07, 6.45) is 8.74. The fourth-order valence-electron chi connectivity index (χ4n) is 3.04. The zero-order valence-corrected chi connectivity index (χ0v) is 14.7. The molecule has 0 bridgehead atoms. The summed E-state index contributed by atoms with van der Waals surface area (Å²) < 4.78 is 2.04. The summed E-state index contributed by atoms with van der Waals surface area (Å²) in [5.41, 5.74) is 1.64. The molecule has 5 nitrogen and oxygen atoms in total. The molecule has 0 radical (unpaired) electrons. The number of nitrogens with zero attached hydrogens (tertiary/aromatic N) is 3. The lowest BCUT2D eigenvalue weighted by Gasteiger charge is -2.19. The average molecular weight is 347 g/mol. The monoisotopic (exact) mass is 346 g/mol. The molecule has 1 saturated heterocycles. The lowest BCUT2D eigenvalue weighted by Crippen LogP contribution is -2.26. The van der Waals surface area contributed by atoms with Gasteiger partial charge in [-0.15, -0.1) is 0 Å². The highest BCUT2D eigenvalue weighted by Gasteiger charge is 2.16. The third-order valence-electron chi connectivity index (χ3n) is 4.54. The molecular weight excluding hydrogens is 324 g/mol. The number of rotatable bonds is 6. The van der Waals surface area contributed by atoms with Crippen LogP contribution in [0, 0.1) is 0 Å². The van der Waals surface area contributed by atoms with E-state index in [4.69, 9.17) is 11.6 Å². The van der Waals surface area contributed by atoms with Gasteiger partial charge in [0.2, 0.25) is 0 Å². The second kappa shape index (κ2) is 7.71. The van der Waals surface area contributed by atoms with Crippen molar-refractivity contribution in [3.63, 3.8) is 0 Å². The average Bonchev–Trinajstić information content (AvgIpc) is 3.28. The zero-order chi connectivity index (χ0) is 16.9. The van der Waals surface area contributed by atoms with Crippen LogP contribution in [0.15, 0.2) is 36.9 Å². The maximum Gasteiger partial charge on any atom is 0.251 e. The number of nitrogens with one attached hydrogen (secondary N) is 1. The van der Waals surface area contributed by atoms with Crippen LogP contribution in [-0.4, -0.2) is 35.1 Å². The van der Waals surface area contributed by atoms with Gasteiger partial charge in [-0.2, -0.15) is 0 Å². The molecule has 2 heterocycles. The molecule has 1 unspecified atom stereocenters. The largest absolute Gasteiger partial charge is 0.370 e. The van der Waals surface area contributed by atoms with Crippen molar-refractivity contribution in [1.82, 2.24) is 14.9 Å². The van der Waals surface area contributed by atoms with E-state index >= 15 is 0 Å². The van der Waals surface area contributed by atoms with Crippen LogP contribution in [0.25, 0.3) is 0 Å². The topological polar surface area (TPSA) is 50.2 Å². The molecular formula is C18H23ClN4O. The Morgan fingerprint density at radius 2 is 2.17 bits per heavy atom. The molecule has 1 N–H and O–H groups in total. The number of carbonyl (C=O) groups excluding carboxylic acids is 1. The fraction of sp³-hybridized carbons (Fsp3) is 0.444. The summed E-state index contributed by atoms with van der Waals surface area (Å²) >= 11 is 6.37. The van der Waals surface area contributed by atoms with Gasteiger partial charge in [-0.05, 0) is 44.4 Å². The van der Waals surface area contributed by atoms with Crippen molar-refractivity contribution in [3.8, 4) is 0 Å². The molecule has 1 aliphatic rings. The van der Waals surface area contributed by atoms with Gasteiger partial charge in [-0.3, -0.25) is 4.79 Å². The molecule has 0 saturated carbocycles. The first-order chi connectivity index (χ1) is 11.6. The summed E-state index contributed by atoms with van der Waals surface area (Å²) in [6.45, 7) is 4.80. The number of anilines is 1. The number of benzene rings is 1. The normalized spacial score (nSPS) is 15.5. The Morgan fingerprint density at radius 1 is 1.38 bits per heavy atom. The van der Waals surface area contributed by atoms with Crippen LogP contribution in [0.1, 0.15) is 42.6 Å². The second-order valence-corrected chi connectivity index (χ2v) is 6.67. The number of aromatic nitrogens is 2. The number of carbonyl (C=O) groups is 1. The molecule has 1 aromatic carbocycles. The minimum absolute atomic E-state index is 0.0808. The van der Waals surface area contributed by atoms with Gasteiger partial charge in [-0.1, -0.05) is 11.6 Å². The summed E-state index contributed by atoms with van der Waals surface area (Å²) in [5, 5.41) is 3.61. The van der Waals surface area contributed by atoms with E-state index in [0.29, 0.717) is 23.2 Å². The molecule has 3 rings (SSSR count). The van der Waals surface area contributed by atoms with Crippen molar-refractivity contribution in [2.75, 3.05) is 24.5 Å². The molecule has 1 fully saturated rings. The van der Waals surface area contributed by atoms with E-state index in [1.807, 2.05) is 22.9 Å². The Balaban J connectivity index is 1.54. The van der Waals surface area contributed by atoms with E-state index in [0.717, 1.165) is 25.2 Å². The van der Waals surface area contributed by atoms with Gasteiger partial charge >= 0.3 is 0 Å². The molecule has 0 aliphatic carbocycles. The Hall–Kier alpha value is -2.01. The highest BCUT2D eigenvalue weighted by molar-refractivity contribution is 6.33. The quantitative estimate of drug-likeness (QED) is 0.870. The summed E-state index contributed by atoms with van der Waals surface area (Å²) in [7, 11) is 0. The predicted molar refractivity (Wildman–Crippen MR) is 96.8 cm³/mol. The standard InChI is InChI=1S/C18H23ClN4O/c1-14(23-11-8-20-13-23)6-7-21-18(24)15-4-5-17(16(19)12-15)22-9-2-3-10-22/h4-5,8,11-14H,2-3,6-7,9-10H2,1H3,(H,21,24). The van der Waals surface area contributed by atoms with Crippen LogP contribution in [-0.2, 0) is 0 Å². The van der Waals surface area contributed by atoms with Gasteiger partial charge in [0.05, 0.1) is 17.0 Å². The van der Waals surface area contributed by atoms with Gasteiger partial charge in [0.15, 0.2) is 0 Å². The molecule has 24 heavy (non-hydrogen) atoms. The summed E-state index contributed by atoms with van der Waals surface area (Å²) in [6, 6.07) is 5.88. The molecule has 1 amide bonds. The van der Waals surface area contributed by atoms with E-state index in [2.05, 4.69) is 22.1 Å². The van der Waals surface area contributed by atoms with Gasteiger partial charge in [0.1, 0.15) is 0 Å². The van der Waals surface area contributed by atoms with E-state index < -0.39 is 0 Å². The predicted octanol–water partition coefficient (Wildman–Crippen LogP) is 3.52. The molecule has 1 atom stereocenters. The van der Waals surface area contributed by atoms with Crippen molar-refractivity contribution in [1.29, 1.82) is 0 Å². The number of hydrogen-bond acceptors (Lipinski definition) is 3. The molecule has 2 aromatic rings. The molecule has 128 valence electrons. The Labute approximate surface area is 147 Å². The minimum Gasteiger partial charge on any atom is -0.370 e. The van der Waals surface area contributed by atoms with Gasteiger partial charge in [-0.25, -0.2) is 4.98 Å². The first-order valence-electron chi connectivity index (χ1n) is 8.45. The molecule has 0 spiro atoms. The number of halogens is 1. The molecule has 1 aromatic heterocycles. The van der Waals surface area contributed by atoms with Crippen LogP contribution in [0.2, 0.25) is 5.02 Å². The highest BCUT2D eigenvalue weighted by atomic mass is 35.5. The maximum absolute atomic E-state index is 12.3. The summed E-state index contributed by atoms with van der Waals surface area (Å²) in [4.78, 5) is 18.6. The van der Waals surface area contributed by atoms with Crippen molar-refractivity contribution in [2.45, 2.75) is 32.2 Å². The van der Waals surface area contributed by atoms with Crippen molar-refractivity contribution < 1.29 is 4.79 Å². The Bertz CT molecular complexity index is 680. The first-order valence-corrected chi connectivity index (χ1v) is 8.83. The minimum atomic E-state index is -0.0808. The molecule has 1 aliphatic heterocycles. The first kappa shape index (κ1) is 16.8. The smallest absolute Gasteiger partial charge is 0.251 e. The third-order valence-corrected chi connectivity index (χ3v) is 4.84. The van der Waals surface area contributed by atoms with Crippen molar-refractivity contribution in [3.05, 3.63) is 47.5 Å². The number of imidazole rings is 1. The van der Waals surface area contributed by atoms with Crippen LogP contribution in [0.5, 0.6) is 0 Å². The highest BCUT2D eigenvalue weighted by Crippen LogP contribution is 2.29. The zero-order valence-electron chi connectivity index (χ0n) is 13.9. The van der Waals surface area contributed by atoms with Crippen LogP contribution >= 0.6 is 11.6 Å². The van der Waals surface area contributed by atoms with E-state index in [1.165, 1.54) is 12.8 Å². The maximum atomic E-state index is 12.3.